The van der Waals surface area contributed by atoms with Crippen LogP contribution in [0, 0.1) is 0 Å². The lowest BCUT2D eigenvalue weighted by atomic mass is 10.1. The standard InChI is InChI=1S/C24H22N2O.C2H4O/c1-18(21(24(25)27)16-8-12-19-10-4-3-5-11-19)26(2)23-17-9-14-20-13-6-7-15-22(20)23;1-2-3/h3-17H,1H2,2H3,(H2,25,27);2H,1H3/b12-8+,21-16+;. The second-order valence-electron chi connectivity index (χ2n) is 6.45. The minimum absolute atomic E-state index is 0.373. The van der Waals surface area contributed by atoms with Crippen molar-refractivity contribution in [2.24, 2.45) is 5.73 Å². The van der Waals surface area contributed by atoms with Crippen LogP contribution in [0.5, 0.6) is 0 Å². The molecule has 3 rings (SSSR count). The third-order valence-corrected chi connectivity index (χ3v) is 4.46. The van der Waals surface area contributed by atoms with Crippen molar-refractivity contribution in [3.05, 3.63) is 108 Å². The fourth-order valence-electron chi connectivity index (χ4n) is 2.97. The number of benzene rings is 3. The van der Waals surface area contributed by atoms with Gasteiger partial charge in [-0.2, -0.15) is 0 Å². The van der Waals surface area contributed by atoms with Crippen molar-refractivity contribution in [3.63, 3.8) is 0 Å². The fraction of sp³-hybridized carbons (Fsp3) is 0.0769. The number of hydrogen-bond acceptors (Lipinski definition) is 3. The number of hydrogen-bond donors (Lipinski definition) is 1. The first-order valence-electron chi connectivity index (χ1n) is 9.53. The molecule has 0 aliphatic heterocycles. The van der Waals surface area contributed by atoms with Crippen molar-refractivity contribution < 1.29 is 9.59 Å². The van der Waals surface area contributed by atoms with Crippen LogP contribution in [-0.4, -0.2) is 19.2 Å². The minimum atomic E-state index is -0.509. The van der Waals surface area contributed by atoms with Crippen molar-refractivity contribution in [2.75, 3.05) is 11.9 Å². The number of nitrogens with zero attached hydrogens (tertiary/aromatic N) is 1. The first-order valence-corrected chi connectivity index (χ1v) is 9.53. The number of carbonyl (C=O) groups is 2. The second kappa shape index (κ2) is 11.2. The zero-order valence-corrected chi connectivity index (χ0v) is 17.3. The Morgan fingerprint density at radius 2 is 1.57 bits per heavy atom. The number of likely N-dealkylation sites (N-methyl/N-ethyl adjacent to an activating group) is 1. The first kappa shape index (κ1) is 22.4. The zero-order valence-electron chi connectivity index (χ0n) is 17.3. The molecule has 0 aliphatic rings. The van der Waals surface area contributed by atoms with E-state index in [9.17, 15) is 4.79 Å². The molecule has 0 unspecified atom stereocenters. The number of amides is 1. The van der Waals surface area contributed by atoms with Gasteiger partial charge in [-0.3, -0.25) is 4.79 Å². The van der Waals surface area contributed by atoms with Crippen molar-refractivity contribution >= 4 is 34.7 Å². The van der Waals surface area contributed by atoms with Gasteiger partial charge in [0.1, 0.15) is 6.29 Å². The van der Waals surface area contributed by atoms with E-state index in [2.05, 4.69) is 24.8 Å². The molecular formula is C26H26N2O2. The molecule has 0 aromatic heterocycles. The number of allylic oxidation sites excluding steroid dienone is 2. The summed E-state index contributed by atoms with van der Waals surface area (Å²) in [7, 11) is 1.89. The number of carbonyl (C=O) groups excluding carboxylic acids is 2. The molecule has 0 bridgehead atoms. The predicted molar refractivity (Wildman–Crippen MR) is 126 cm³/mol. The van der Waals surface area contributed by atoms with Gasteiger partial charge in [0.05, 0.1) is 5.57 Å². The summed E-state index contributed by atoms with van der Waals surface area (Å²) in [5, 5.41) is 2.22. The Morgan fingerprint density at radius 3 is 2.23 bits per heavy atom. The molecule has 4 heteroatoms. The van der Waals surface area contributed by atoms with Crippen LogP contribution in [0.25, 0.3) is 16.8 Å². The molecule has 0 heterocycles. The van der Waals surface area contributed by atoms with Gasteiger partial charge in [-0.25, -0.2) is 0 Å². The maximum Gasteiger partial charge on any atom is 0.250 e. The third-order valence-electron chi connectivity index (χ3n) is 4.46. The average Bonchev–Trinajstić information content (AvgIpc) is 2.76. The molecule has 0 aliphatic carbocycles. The molecule has 0 atom stereocenters. The Labute approximate surface area is 177 Å². The van der Waals surface area contributed by atoms with Crippen molar-refractivity contribution in [3.8, 4) is 0 Å². The third kappa shape index (κ3) is 5.79. The SMILES string of the molecule is C=C(/C(=C\C=C\c1ccccc1)C(N)=O)N(C)c1cccc2ccccc12.CC=O. The Balaban J connectivity index is 0.00000101. The molecular weight excluding hydrogens is 372 g/mol. The van der Waals surface area contributed by atoms with Crippen LogP contribution in [0.15, 0.2) is 103 Å². The van der Waals surface area contributed by atoms with Crippen LogP contribution in [0.4, 0.5) is 5.69 Å². The van der Waals surface area contributed by atoms with E-state index < -0.39 is 5.91 Å². The molecule has 3 aromatic carbocycles. The number of aldehydes is 1. The van der Waals surface area contributed by atoms with E-state index in [1.54, 1.807) is 6.08 Å². The molecule has 0 fully saturated rings. The number of anilines is 1. The number of fused-ring (bicyclic) bond motifs is 1. The van der Waals surface area contributed by atoms with Crippen LogP contribution in [0.2, 0.25) is 0 Å². The quantitative estimate of drug-likeness (QED) is 0.356. The molecule has 152 valence electrons. The molecule has 2 N–H and O–H groups in total. The van der Waals surface area contributed by atoms with Crippen LogP contribution in [0.3, 0.4) is 0 Å². The van der Waals surface area contributed by atoms with Gasteiger partial charge in [-0.05, 0) is 30.0 Å². The van der Waals surface area contributed by atoms with E-state index in [1.165, 1.54) is 6.92 Å². The molecule has 3 aromatic rings. The lowest BCUT2D eigenvalue weighted by Crippen LogP contribution is -2.24. The lowest BCUT2D eigenvalue weighted by Gasteiger charge is -2.24. The van der Waals surface area contributed by atoms with E-state index in [0.717, 1.165) is 28.3 Å². The molecule has 1 amide bonds. The van der Waals surface area contributed by atoms with Gasteiger partial charge < -0.3 is 15.4 Å². The summed E-state index contributed by atoms with van der Waals surface area (Å²) < 4.78 is 0. The number of primary amides is 1. The van der Waals surface area contributed by atoms with E-state index in [0.29, 0.717) is 11.3 Å². The van der Waals surface area contributed by atoms with Crippen molar-refractivity contribution in [1.82, 2.24) is 0 Å². The summed E-state index contributed by atoms with van der Waals surface area (Å²) in [6, 6.07) is 24.0. The average molecular weight is 399 g/mol. The topological polar surface area (TPSA) is 63.4 Å². The van der Waals surface area contributed by atoms with Crippen LogP contribution in [-0.2, 0) is 9.59 Å². The Bertz CT molecular complexity index is 1080. The highest BCUT2D eigenvalue weighted by molar-refractivity contribution is 6.00. The van der Waals surface area contributed by atoms with Gasteiger partial charge in [-0.1, -0.05) is 85.5 Å². The molecule has 4 nitrogen and oxygen atoms in total. The molecule has 0 saturated heterocycles. The zero-order chi connectivity index (χ0) is 21.9. The monoisotopic (exact) mass is 398 g/mol. The molecule has 0 saturated carbocycles. The highest BCUT2D eigenvalue weighted by Gasteiger charge is 2.15. The Morgan fingerprint density at radius 1 is 0.967 bits per heavy atom. The smallest absolute Gasteiger partial charge is 0.250 e. The summed E-state index contributed by atoms with van der Waals surface area (Å²) in [6.45, 7) is 5.55. The van der Waals surface area contributed by atoms with E-state index in [4.69, 9.17) is 10.5 Å². The van der Waals surface area contributed by atoms with Crippen LogP contribution >= 0.6 is 0 Å². The van der Waals surface area contributed by atoms with E-state index in [1.807, 2.05) is 78.7 Å². The second-order valence-corrected chi connectivity index (χ2v) is 6.45. The normalized spacial score (nSPS) is 10.9. The fourth-order valence-corrected chi connectivity index (χ4v) is 2.97. The maximum atomic E-state index is 12.0. The summed E-state index contributed by atoms with van der Waals surface area (Å²) in [5.74, 6) is -0.509. The maximum absolute atomic E-state index is 12.0. The number of rotatable bonds is 6. The van der Waals surface area contributed by atoms with Crippen LogP contribution in [0.1, 0.15) is 12.5 Å². The Hall–Kier alpha value is -3.92. The molecule has 30 heavy (non-hydrogen) atoms. The summed E-state index contributed by atoms with van der Waals surface area (Å²) in [6.07, 6.45) is 6.20. The molecule has 0 radical (unpaired) electrons. The minimum Gasteiger partial charge on any atom is -0.366 e. The van der Waals surface area contributed by atoms with Crippen LogP contribution < -0.4 is 10.6 Å². The van der Waals surface area contributed by atoms with Gasteiger partial charge in [-0.15, -0.1) is 0 Å². The van der Waals surface area contributed by atoms with E-state index >= 15 is 0 Å². The summed E-state index contributed by atoms with van der Waals surface area (Å²) in [4.78, 5) is 22.7. The summed E-state index contributed by atoms with van der Waals surface area (Å²) >= 11 is 0. The lowest BCUT2D eigenvalue weighted by molar-refractivity contribution is -0.114. The van der Waals surface area contributed by atoms with Gasteiger partial charge in [0.2, 0.25) is 0 Å². The predicted octanol–water partition coefficient (Wildman–Crippen LogP) is 5.12. The van der Waals surface area contributed by atoms with Gasteiger partial charge >= 0.3 is 0 Å². The highest BCUT2D eigenvalue weighted by atomic mass is 16.1. The highest BCUT2D eigenvalue weighted by Crippen LogP contribution is 2.29. The van der Waals surface area contributed by atoms with Gasteiger partial charge in [0.15, 0.2) is 0 Å². The number of nitrogens with two attached hydrogens (primary N) is 1. The Kier molecular flexibility index (Phi) is 8.33. The largest absolute Gasteiger partial charge is 0.366 e. The molecule has 0 spiro atoms. The van der Waals surface area contributed by atoms with Gasteiger partial charge in [0.25, 0.3) is 5.91 Å². The van der Waals surface area contributed by atoms with Crippen molar-refractivity contribution in [1.29, 1.82) is 0 Å². The van der Waals surface area contributed by atoms with Gasteiger partial charge in [0, 0.05) is 23.8 Å². The summed E-state index contributed by atoms with van der Waals surface area (Å²) in [5.41, 5.74) is 8.56. The van der Waals surface area contributed by atoms with E-state index in [-0.39, 0.29) is 0 Å². The van der Waals surface area contributed by atoms with Crippen molar-refractivity contribution in [2.45, 2.75) is 6.92 Å². The first-order chi connectivity index (χ1) is 14.5.